The van der Waals surface area contributed by atoms with Crippen LogP contribution in [0.2, 0.25) is 0 Å². The number of amidine groups is 2. The van der Waals surface area contributed by atoms with E-state index in [0.717, 1.165) is 5.56 Å². The van der Waals surface area contributed by atoms with E-state index in [1.165, 1.54) is 20.2 Å². The Balaban J connectivity index is 3.36. The Labute approximate surface area is 116 Å². The van der Waals surface area contributed by atoms with E-state index in [1.54, 1.807) is 19.1 Å². The van der Waals surface area contributed by atoms with Crippen LogP contribution in [0.4, 0.5) is 11.4 Å². The van der Waals surface area contributed by atoms with Crippen LogP contribution < -0.4 is 11.5 Å². The van der Waals surface area contributed by atoms with Crippen molar-refractivity contribution in [3.8, 4) is 0 Å². The van der Waals surface area contributed by atoms with Gasteiger partial charge in [-0.1, -0.05) is 6.07 Å². The van der Waals surface area contributed by atoms with Crippen LogP contribution >= 0.6 is 0 Å². The number of hydrogen-bond donors (Lipinski definition) is 2. The molecule has 0 aliphatic heterocycles. The maximum Gasteiger partial charge on any atom is 0.294 e. The topological polar surface area (TPSA) is 132 Å². The van der Waals surface area contributed by atoms with Crippen molar-refractivity contribution < 1.29 is 4.92 Å². The Kier molecular flexibility index (Phi) is 4.90. The molecule has 0 amide bonds. The molecule has 0 aliphatic carbocycles. The lowest BCUT2D eigenvalue weighted by Crippen LogP contribution is -2.35. The number of aryl methyl sites for hydroxylation is 1. The highest BCUT2D eigenvalue weighted by atomic mass is 16.6. The van der Waals surface area contributed by atoms with Crippen LogP contribution in [0.15, 0.2) is 33.2 Å². The van der Waals surface area contributed by atoms with E-state index in [2.05, 4.69) is 15.0 Å². The third-order valence-corrected chi connectivity index (χ3v) is 2.52. The molecule has 0 aromatic heterocycles. The van der Waals surface area contributed by atoms with Gasteiger partial charge in [0.2, 0.25) is 0 Å². The summed E-state index contributed by atoms with van der Waals surface area (Å²) in [5.74, 6) is 0.0911. The van der Waals surface area contributed by atoms with Crippen LogP contribution in [0.3, 0.4) is 0 Å². The van der Waals surface area contributed by atoms with Crippen molar-refractivity contribution in [2.45, 2.75) is 6.92 Å². The summed E-state index contributed by atoms with van der Waals surface area (Å²) in [5.41, 5.74) is 12.5. The first-order valence-corrected chi connectivity index (χ1v) is 5.69. The zero-order valence-electron chi connectivity index (χ0n) is 11.5. The first-order chi connectivity index (χ1) is 9.40. The van der Waals surface area contributed by atoms with Gasteiger partial charge in [-0.2, -0.15) is 0 Å². The monoisotopic (exact) mass is 276 g/mol. The summed E-state index contributed by atoms with van der Waals surface area (Å²) in [6.07, 6.45) is 0. The van der Waals surface area contributed by atoms with E-state index in [9.17, 15) is 10.1 Å². The SMILES string of the molecule is CN=C(N)C(=NC)C(N)=Nc1cc(C)ccc1[N+](=O)[O-]. The fourth-order valence-electron chi connectivity index (χ4n) is 1.53. The molecule has 0 heterocycles. The zero-order valence-corrected chi connectivity index (χ0v) is 11.5. The Hall–Kier alpha value is -2.77. The zero-order chi connectivity index (χ0) is 15.3. The van der Waals surface area contributed by atoms with Crippen molar-refractivity contribution in [1.29, 1.82) is 0 Å². The fourth-order valence-corrected chi connectivity index (χ4v) is 1.53. The van der Waals surface area contributed by atoms with Crippen molar-refractivity contribution in [2.24, 2.45) is 26.4 Å². The lowest BCUT2D eigenvalue weighted by atomic mass is 10.2. The van der Waals surface area contributed by atoms with Crippen molar-refractivity contribution >= 4 is 28.8 Å². The predicted octanol–water partition coefficient (Wildman–Crippen LogP) is 0.950. The minimum atomic E-state index is -0.522. The highest BCUT2D eigenvalue weighted by Crippen LogP contribution is 2.28. The largest absolute Gasteiger partial charge is 0.382 e. The van der Waals surface area contributed by atoms with E-state index in [1.807, 2.05) is 0 Å². The number of nitro groups is 1. The van der Waals surface area contributed by atoms with Gasteiger partial charge in [-0.05, 0) is 18.6 Å². The second-order valence-electron chi connectivity index (χ2n) is 3.93. The summed E-state index contributed by atoms with van der Waals surface area (Å²) in [4.78, 5) is 22.1. The molecule has 0 atom stereocenters. The second kappa shape index (κ2) is 6.41. The minimum absolute atomic E-state index is 0.0238. The van der Waals surface area contributed by atoms with Gasteiger partial charge in [0.05, 0.1) is 4.92 Å². The molecule has 0 fully saturated rings. The van der Waals surface area contributed by atoms with Gasteiger partial charge in [-0.3, -0.25) is 20.1 Å². The molecule has 8 nitrogen and oxygen atoms in total. The van der Waals surface area contributed by atoms with Crippen LogP contribution in [0.5, 0.6) is 0 Å². The number of rotatable bonds is 4. The van der Waals surface area contributed by atoms with E-state index in [4.69, 9.17) is 11.5 Å². The van der Waals surface area contributed by atoms with Crippen molar-refractivity contribution in [3.05, 3.63) is 33.9 Å². The molecule has 0 radical (unpaired) electrons. The Morgan fingerprint density at radius 1 is 1.20 bits per heavy atom. The first-order valence-electron chi connectivity index (χ1n) is 5.69. The van der Waals surface area contributed by atoms with E-state index < -0.39 is 4.92 Å². The molecule has 0 saturated carbocycles. The van der Waals surface area contributed by atoms with Gasteiger partial charge in [0.15, 0.2) is 5.84 Å². The number of nitro benzene ring substituents is 1. The van der Waals surface area contributed by atoms with Gasteiger partial charge in [0.25, 0.3) is 5.69 Å². The van der Waals surface area contributed by atoms with Crippen molar-refractivity contribution in [2.75, 3.05) is 14.1 Å². The molecular weight excluding hydrogens is 260 g/mol. The third kappa shape index (κ3) is 3.37. The van der Waals surface area contributed by atoms with E-state index in [-0.39, 0.29) is 28.8 Å². The van der Waals surface area contributed by atoms with Crippen LogP contribution in [0, 0.1) is 17.0 Å². The van der Waals surface area contributed by atoms with Crippen LogP contribution in [-0.4, -0.2) is 36.4 Å². The molecule has 1 aromatic rings. The van der Waals surface area contributed by atoms with Crippen LogP contribution in [0.1, 0.15) is 5.56 Å². The number of aliphatic imine (C=N–C) groups is 3. The lowest BCUT2D eigenvalue weighted by Gasteiger charge is -2.05. The molecule has 1 aromatic carbocycles. The Bertz CT molecular complexity index is 618. The number of nitrogens with zero attached hydrogens (tertiary/aromatic N) is 4. The van der Waals surface area contributed by atoms with Crippen LogP contribution in [-0.2, 0) is 0 Å². The minimum Gasteiger partial charge on any atom is -0.382 e. The summed E-state index contributed by atoms with van der Waals surface area (Å²) >= 11 is 0. The average molecular weight is 276 g/mol. The highest BCUT2D eigenvalue weighted by molar-refractivity contribution is 6.67. The van der Waals surface area contributed by atoms with Crippen molar-refractivity contribution in [1.82, 2.24) is 0 Å². The van der Waals surface area contributed by atoms with Gasteiger partial charge >= 0.3 is 0 Å². The quantitative estimate of drug-likeness (QED) is 0.366. The predicted molar refractivity (Wildman–Crippen MR) is 80.0 cm³/mol. The number of hydrogen-bond acceptors (Lipinski definition) is 5. The summed E-state index contributed by atoms with van der Waals surface area (Å²) < 4.78 is 0. The van der Waals surface area contributed by atoms with Gasteiger partial charge < -0.3 is 11.5 Å². The van der Waals surface area contributed by atoms with Gasteiger partial charge in [0.1, 0.15) is 17.2 Å². The molecule has 0 saturated heterocycles. The lowest BCUT2D eigenvalue weighted by molar-refractivity contribution is -0.384. The first kappa shape index (κ1) is 15.3. The molecular formula is C12H16N6O2. The third-order valence-electron chi connectivity index (χ3n) is 2.52. The maximum atomic E-state index is 11.0. The molecule has 0 bridgehead atoms. The maximum absolute atomic E-state index is 11.0. The molecule has 106 valence electrons. The summed E-state index contributed by atoms with van der Waals surface area (Å²) in [5, 5.41) is 11.0. The Morgan fingerprint density at radius 2 is 1.85 bits per heavy atom. The van der Waals surface area contributed by atoms with Crippen LogP contribution in [0.25, 0.3) is 0 Å². The molecule has 1 rings (SSSR count). The molecule has 4 N–H and O–H groups in total. The summed E-state index contributed by atoms with van der Waals surface area (Å²) in [6.45, 7) is 1.80. The van der Waals surface area contributed by atoms with Crippen molar-refractivity contribution in [3.63, 3.8) is 0 Å². The Morgan fingerprint density at radius 3 is 2.35 bits per heavy atom. The number of benzene rings is 1. The second-order valence-corrected chi connectivity index (χ2v) is 3.93. The standard InChI is InChI=1S/C12H16N6O2/c1-7-4-5-9(18(19)20)8(6-7)17-12(14)10(15-2)11(13)16-3/h4-6H,1-3H3,(H2,13,16)(H2,14,17). The molecule has 20 heavy (non-hydrogen) atoms. The van der Waals surface area contributed by atoms with E-state index >= 15 is 0 Å². The normalized spacial score (nSPS) is 13.4. The highest BCUT2D eigenvalue weighted by Gasteiger charge is 2.15. The van der Waals surface area contributed by atoms with Gasteiger partial charge in [0, 0.05) is 20.2 Å². The average Bonchev–Trinajstić information content (AvgIpc) is 2.38. The molecule has 0 spiro atoms. The number of nitrogens with two attached hydrogens (primary N) is 2. The smallest absolute Gasteiger partial charge is 0.294 e. The summed E-state index contributed by atoms with van der Waals surface area (Å²) in [7, 11) is 2.98. The summed E-state index contributed by atoms with van der Waals surface area (Å²) in [6, 6.07) is 4.57. The fraction of sp³-hybridized carbons (Fsp3) is 0.250. The molecule has 0 aliphatic rings. The van der Waals surface area contributed by atoms with Gasteiger partial charge in [-0.15, -0.1) is 0 Å². The van der Waals surface area contributed by atoms with Gasteiger partial charge in [-0.25, -0.2) is 4.99 Å². The molecule has 0 unspecified atom stereocenters. The van der Waals surface area contributed by atoms with E-state index in [0.29, 0.717) is 0 Å². The molecule has 8 heteroatoms.